The van der Waals surface area contributed by atoms with Gasteiger partial charge >= 0.3 is 0 Å². The zero-order valence-electron chi connectivity index (χ0n) is 26.0. The minimum Gasteiger partial charge on any atom is -0.504 e. The molecule has 2 amide bonds. The first kappa shape index (κ1) is 37.0. The van der Waals surface area contributed by atoms with Crippen molar-refractivity contribution in [2.75, 3.05) is 32.7 Å². The molecular weight excluding hydrogens is 571 g/mol. The predicted molar refractivity (Wildman–Crippen MR) is 174 cm³/mol. The molecule has 1 aliphatic rings. The fourth-order valence-electron chi connectivity index (χ4n) is 4.04. The molecule has 1 aliphatic heterocycles. The first-order valence-electron chi connectivity index (χ1n) is 14.9. The van der Waals surface area contributed by atoms with E-state index in [1.165, 1.54) is 55.8 Å². The standard InChI is InChI=1S/C14H16N2O3S.C13H21N3OS.2C2H6/c1-9-16-11(8-20-9)7-14(19)15-5-4-10-2-3-12(17)13(18)6-10;1-11-15-12(10-18-11)9-13(17)14-5-8-16-6-3-2-4-7-16;2*1-2/h2-3,6,8,17-18H,4-5,7H2,1H3,(H,15,19);10H,2-9H2,1H3,(H,14,17);2*1-2H3. The third-order valence-electron chi connectivity index (χ3n) is 5.99. The Morgan fingerprint density at radius 3 is 1.81 bits per heavy atom. The van der Waals surface area contributed by atoms with Gasteiger partial charge in [0.1, 0.15) is 0 Å². The first-order valence-corrected chi connectivity index (χ1v) is 16.6. The number of nitrogens with one attached hydrogen (secondary N) is 2. The van der Waals surface area contributed by atoms with E-state index < -0.39 is 0 Å². The number of aromatic hydroxyl groups is 2. The topological polar surface area (TPSA) is 128 Å². The van der Waals surface area contributed by atoms with E-state index in [4.69, 9.17) is 0 Å². The molecule has 0 bridgehead atoms. The summed E-state index contributed by atoms with van der Waals surface area (Å²) in [6, 6.07) is 4.64. The maximum atomic E-state index is 11.7. The second-order valence-corrected chi connectivity index (χ2v) is 11.4. The lowest BCUT2D eigenvalue weighted by atomic mass is 10.1. The van der Waals surface area contributed by atoms with Gasteiger partial charge in [-0.25, -0.2) is 9.97 Å². The molecule has 0 radical (unpaired) electrons. The highest BCUT2D eigenvalue weighted by Gasteiger charge is 2.11. The molecule has 11 heteroatoms. The van der Waals surface area contributed by atoms with Crippen LogP contribution >= 0.6 is 22.7 Å². The summed E-state index contributed by atoms with van der Waals surface area (Å²) in [7, 11) is 0. The van der Waals surface area contributed by atoms with Gasteiger partial charge in [0.2, 0.25) is 11.8 Å². The minimum absolute atomic E-state index is 0.0710. The Bertz CT molecular complexity index is 1180. The highest BCUT2D eigenvalue weighted by Crippen LogP contribution is 2.24. The van der Waals surface area contributed by atoms with E-state index in [1.807, 2.05) is 52.3 Å². The molecule has 0 spiro atoms. The van der Waals surface area contributed by atoms with Gasteiger partial charge in [0.05, 0.1) is 34.2 Å². The number of phenols is 2. The number of nitrogens with zero attached hydrogens (tertiary/aromatic N) is 3. The van der Waals surface area contributed by atoms with Crippen LogP contribution in [0.3, 0.4) is 0 Å². The van der Waals surface area contributed by atoms with Crippen molar-refractivity contribution in [3.05, 3.63) is 55.9 Å². The summed E-state index contributed by atoms with van der Waals surface area (Å²) in [5.74, 6) is -0.279. The summed E-state index contributed by atoms with van der Waals surface area (Å²) in [4.78, 5) is 34.4. The third kappa shape index (κ3) is 15.3. The van der Waals surface area contributed by atoms with Crippen LogP contribution < -0.4 is 10.6 Å². The van der Waals surface area contributed by atoms with Crippen molar-refractivity contribution in [3.63, 3.8) is 0 Å². The average molecular weight is 620 g/mol. The number of hydrogen-bond donors (Lipinski definition) is 4. The van der Waals surface area contributed by atoms with Gasteiger partial charge in [-0.1, -0.05) is 40.2 Å². The zero-order chi connectivity index (χ0) is 31.3. The Hall–Kier alpha value is -3.02. The molecule has 4 rings (SSSR count). The van der Waals surface area contributed by atoms with Crippen LogP contribution in [-0.2, 0) is 28.9 Å². The Balaban J connectivity index is 0.000000377. The van der Waals surface area contributed by atoms with Gasteiger partial charge in [0, 0.05) is 30.4 Å². The molecule has 2 aromatic heterocycles. The molecule has 1 saturated heterocycles. The normalized spacial score (nSPS) is 12.4. The summed E-state index contributed by atoms with van der Waals surface area (Å²) < 4.78 is 0. The molecule has 0 atom stereocenters. The Morgan fingerprint density at radius 2 is 1.33 bits per heavy atom. The summed E-state index contributed by atoms with van der Waals surface area (Å²) in [5, 5.41) is 30.1. The Kier molecular flexibility index (Phi) is 19.1. The maximum absolute atomic E-state index is 11.7. The molecule has 1 fully saturated rings. The van der Waals surface area contributed by atoms with E-state index in [-0.39, 0.29) is 29.7 Å². The Labute approximate surface area is 259 Å². The van der Waals surface area contributed by atoms with Gasteiger partial charge in [0.15, 0.2) is 11.5 Å². The number of thiazole rings is 2. The van der Waals surface area contributed by atoms with Crippen LogP contribution in [0, 0.1) is 13.8 Å². The number of carbonyl (C=O) groups excluding carboxylic acids is 2. The van der Waals surface area contributed by atoms with Crippen LogP contribution in [0.5, 0.6) is 11.5 Å². The van der Waals surface area contributed by atoms with Crippen molar-refractivity contribution in [2.45, 2.75) is 80.1 Å². The van der Waals surface area contributed by atoms with Crippen molar-refractivity contribution in [1.29, 1.82) is 0 Å². The van der Waals surface area contributed by atoms with Crippen molar-refractivity contribution < 1.29 is 19.8 Å². The molecule has 0 aliphatic carbocycles. The third-order valence-corrected chi connectivity index (χ3v) is 7.64. The highest BCUT2D eigenvalue weighted by molar-refractivity contribution is 7.09. The van der Waals surface area contributed by atoms with E-state index in [0.29, 0.717) is 19.4 Å². The number of benzene rings is 1. The number of amides is 2. The van der Waals surface area contributed by atoms with Crippen LogP contribution in [0.15, 0.2) is 29.0 Å². The molecule has 4 N–H and O–H groups in total. The second kappa shape index (κ2) is 21.6. The fraction of sp³-hybridized carbons (Fsp3) is 0.548. The number of aromatic nitrogens is 2. The number of aryl methyl sites for hydroxylation is 2. The Morgan fingerprint density at radius 1 is 0.810 bits per heavy atom. The number of carbonyl (C=O) groups is 2. The van der Waals surface area contributed by atoms with E-state index in [2.05, 4.69) is 25.5 Å². The molecule has 0 saturated carbocycles. The molecule has 0 unspecified atom stereocenters. The summed E-state index contributed by atoms with van der Waals surface area (Å²) in [6.07, 6.45) is 5.23. The van der Waals surface area contributed by atoms with Crippen LogP contribution in [-0.4, -0.2) is 69.6 Å². The smallest absolute Gasteiger partial charge is 0.226 e. The molecule has 3 heterocycles. The summed E-state index contributed by atoms with van der Waals surface area (Å²) >= 11 is 3.12. The molecule has 9 nitrogen and oxygen atoms in total. The van der Waals surface area contributed by atoms with Crippen molar-refractivity contribution in [2.24, 2.45) is 0 Å². The lowest BCUT2D eigenvalue weighted by Gasteiger charge is -2.26. The van der Waals surface area contributed by atoms with Gasteiger partial charge in [-0.05, 0) is 63.9 Å². The van der Waals surface area contributed by atoms with Crippen molar-refractivity contribution in [1.82, 2.24) is 25.5 Å². The van der Waals surface area contributed by atoms with E-state index >= 15 is 0 Å². The number of piperidine rings is 1. The van der Waals surface area contributed by atoms with Crippen LogP contribution in [0.1, 0.15) is 73.9 Å². The fourth-order valence-corrected chi connectivity index (χ4v) is 5.27. The number of hydrogen-bond acceptors (Lipinski definition) is 9. The number of rotatable bonds is 10. The molecule has 42 heavy (non-hydrogen) atoms. The van der Waals surface area contributed by atoms with E-state index in [9.17, 15) is 19.8 Å². The lowest BCUT2D eigenvalue weighted by Crippen LogP contribution is -2.38. The zero-order valence-corrected chi connectivity index (χ0v) is 27.7. The van der Waals surface area contributed by atoms with Gasteiger partial charge in [-0.3, -0.25) is 9.59 Å². The van der Waals surface area contributed by atoms with Gasteiger partial charge in [0.25, 0.3) is 0 Å². The van der Waals surface area contributed by atoms with E-state index in [0.717, 1.165) is 40.1 Å². The SMILES string of the molecule is CC.CC.Cc1nc(CC(=O)NCCN2CCCCC2)cs1.Cc1nc(CC(=O)NCCc2ccc(O)c(O)c2)cs1. The molecular formula is C31H49N5O4S2. The van der Waals surface area contributed by atoms with Gasteiger partial charge in [-0.15, -0.1) is 22.7 Å². The van der Waals surface area contributed by atoms with Gasteiger partial charge < -0.3 is 25.7 Å². The quantitative estimate of drug-likeness (QED) is 0.223. The average Bonchev–Trinajstić information content (AvgIpc) is 3.60. The van der Waals surface area contributed by atoms with Crippen molar-refractivity contribution in [3.8, 4) is 11.5 Å². The monoisotopic (exact) mass is 619 g/mol. The summed E-state index contributed by atoms with van der Waals surface area (Å²) in [6.45, 7) is 16.4. The van der Waals surface area contributed by atoms with Crippen LogP contribution in [0.25, 0.3) is 0 Å². The molecule has 3 aromatic rings. The van der Waals surface area contributed by atoms with Gasteiger partial charge in [-0.2, -0.15) is 0 Å². The second-order valence-electron chi connectivity index (χ2n) is 9.24. The predicted octanol–water partition coefficient (Wildman–Crippen LogP) is 5.41. The first-order chi connectivity index (χ1) is 20.3. The minimum atomic E-state index is -0.147. The number of likely N-dealkylation sites (tertiary alicyclic amines) is 1. The largest absolute Gasteiger partial charge is 0.504 e. The van der Waals surface area contributed by atoms with E-state index in [1.54, 1.807) is 17.4 Å². The summed E-state index contributed by atoms with van der Waals surface area (Å²) in [5.41, 5.74) is 2.52. The van der Waals surface area contributed by atoms with Crippen LogP contribution in [0.2, 0.25) is 0 Å². The molecule has 1 aromatic carbocycles. The number of phenolic OH excluding ortho intramolecular Hbond substituents is 2. The molecule has 234 valence electrons. The maximum Gasteiger partial charge on any atom is 0.226 e. The lowest BCUT2D eigenvalue weighted by molar-refractivity contribution is -0.121. The van der Waals surface area contributed by atoms with Crippen molar-refractivity contribution >= 4 is 34.5 Å². The van der Waals surface area contributed by atoms with Crippen LogP contribution in [0.4, 0.5) is 0 Å². The highest BCUT2D eigenvalue weighted by atomic mass is 32.1.